The van der Waals surface area contributed by atoms with E-state index in [0.29, 0.717) is 12.8 Å². The fourth-order valence-corrected chi connectivity index (χ4v) is 3.27. The van der Waals surface area contributed by atoms with Gasteiger partial charge in [0.2, 0.25) is 5.91 Å². The van der Waals surface area contributed by atoms with Crippen LogP contribution >= 0.6 is 0 Å². The molecule has 0 radical (unpaired) electrons. The molecule has 0 atom stereocenters. The van der Waals surface area contributed by atoms with Gasteiger partial charge in [0, 0.05) is 50.6 Å². The van der Waals surface area contributed by atoms with Crippen molar-refractivity contribution in [3.8, 4) is 0 Å². The molecular weight excluding hydrogens is 288 g/mol. The second-order valence-electron chi connectivity index (χ2n) is 6.83. The highest BCUT2D eigenvalue weighted by Crippen LogP contribution is 2.31. The van der Waals surface area contributed by atoms with Crippen LogP contribution in [0.1, 0.15) is 36.8 Å². The van der Waals surface area contributed by atoms with Gasteiger partial charge in [-0.05, 0) is 43.9 Å². The summed E-state index contributed by atoms with van der Waals surface area (Å²) in [5.41, 5.74) is 3.91. The van der Waals surface area contributed by atoms with Crippen LogP contribution in [0.25, 0.3) is 0 Å². The standard InChI is InChI=1S/C19H26N2O2/c1-14-4-3-5-17(15(14)2)20-10-12-21(13-11-20)19(23)9-8-18(22)16-6-7-16/h3-5,16H,6-13H2,1-2H3. The number of hydrogen-bond donors (Lipinski definition) is 0. The monoisotopic (exact) mass is 314 g/mol. The molecule has 2 aliphatic rings. The molecule has 2 fully saturated rings. The van der Waals surface area contributed by atoms with Crippen LogP contribution in [0.5, 0.6) is 0 Å². The van der Waals surface area contributed by atoms with Gasteiger partial charge in [0.25, 0.3) is 0 Å². The van der Waals surface area contributed by atoms with Gasteiger partial charge in [-0.3, -0.25) is 9.59 Å². The quantitative estimate of drug-likeness (QED) is 0.839. The van der Waals surface area contributed by atoms with E-state index in [0.717, 1.165) is 39.0 Å². The van der Waals surface area contributed by atoms with Crippen molar-refractivity contribution in [2.75, 3.05) is 31.1 Å². The van der Waals surface area contributed by atoms with Gasteiger partial charge in [0.05, 0.1) is 0 Å². The van der Waals surface area contributed by atoms with Crippen molar-refractivity contribution in [1.82, 2.24) is 4.90 Å². The normalized spacial score (nSPS) is 18.2. The number of carbonyl (C=O) groups excluding carboxylic acids is 2. The van der Waals surface area contributed by atoms with Crippen molar-refractivity contribution >= 4 is 17.4 Å². The van der Waals surface area contributed by atoms with E-state index in [1.165, 1.54) is 16.8 Å². The Hall–Kier alpha value is -1.84. The first-order chi connectivity index (χ1) is 11.1. The minimum atomic E-state index is 0.139. The molecule has 0 N–H and O–H groups in total. The topological polar surface area (TPSA) is 40.6 Å². The summed E-state index contributed by atoms with van der Waals surface area (Å²) in [4.78, 5) is 28.3. The average molecular weight is 314 g/mol. The van der Waals surface area contributed by atoms with Crippen LogP contribution in [0.15, 0.2) is 18.2 Å². The molecule has 1 aromatic carbocycles. The molecule has 1 heterocycles. The highest BCUT2D eigenvalue weighted by molar-refractivity contribution is 5.87. The molecule has 1 aromatic rings. The zero-order chi connectivity index (χ0) is 16.4. The highest BCUT2D eigenvalue weighted by atomic mass is 16.2. The fourth-order valence-electron chi connectivity index (χ4n) is 3.27. The van der Waals surface area contributed by atoms with Crippen molar-refractivity contribution in [1.29, 1.82) is 0 Å². The summed E-state index contributed by atoms with van der Waals surface area (Å²) in [6, 6.07) is 6.39. The number of benzene rings is 1. The lowest BCUT2D eigenvalue weighted by Gasteiger charge is -2.37. The largest absolute Gasteiger partial charge is 0.368 e. The maximum Gasteiger partial charge on any atom is 0.223 e. The fraction of sp³-hybridized carbons (Fsp3) is 0.579. The van der Waals surface area contributed by atoms with Crippen LogP contribution in [-0.4, -0.2) is 42.8 Å². The number of piperazine rings is 1. The Morgan fingerprint density at radius 1 is 1.04 bits per heavy atom. The third-order valence-corrected chi connectivity index (χ3v) is 5.17. The molecular formula is C19H26N2O2. The van der Waals surface area contributed by atoms with Gasteiger partial charge in [-0.1, -0.05) is 12.1 Å². The second kappa shape index (κ2) is 6.73. The molecule has 0 spiro atoms. The van der Waals surface area contributed by atoms with E-state index in [2.05, 4.69) is 36.9 Å². The maximum absolute atomic E-state index is 12.3. The van der Waals surface area contributed by atoms with Crippen LogP contribution in [0.4, 0.5) is 5.69 Å². The van der Waals surface area contributed by atoms with Gasteiger partial charge in [0.15, 0.2) is 0 Å². The maximum atomic E-state index is 12.3. The summed E-state index contributed by atoms with van der Waals surface area (Å²) in [7, 11) is 0. The van der Waals surface area contributed by atoms with E-state index in [4.69, 9.17) is 0 Å². The van der Waals surface area contributed by atoms with Crippen molar-refractivity contribution in [2.24, 2.45) is 5.92 Å². The lowest BCUT2D eigenvalue weighted by Crippen LogP contribution is -2.49. The third-order valence-electron chi connectivity index (χ3n) is 5.17. The van der Waals surface area contributed by atoms with Crippen molar-refractivity contribution in [3.05, 3.63) is 29.3 Å². The van der Waals surface area contributed by atoms with E-state index in [9.17, 15) is 9.59 Å². The first kappa shape index (κ1) is 16.0. The minimum absolute atomic E-state index is 0.139. The molecule has 1 aliphatic carbocycles. The lowest BCUT2D eigenvalue weighted by atomic mass is 10.1. The van der Waals surface area contributed by atoms with E-state index in [1.54, 1.807) is 0 Å². The highest BCUT2D eigenvalue weighted by Gasteiger charge is 2.30. The minimum Gasteiger partial charge on any atom is -0.368 e. The van der Waals surface area contributed by atoms with E-state index < -0.39 is 0 Å². The smallest absolute Gasteiger partial charge is 0.223 e. The molecule has 4 nitrogen and oxygen atoms in total. The SMILES string of the molecule is Cc1cccc(N2CCN(C(=O)CCC(=O)C3CC3)CC2)c1C. The molecule has 0 aromatic heterocycles. The third kappa shape index (κ3) is 3.74. The molecule has 1 aliphatic heterocycles. The first-order valence-electron chi connectivity index (χ1n) is 8.68. The molecule has 0 unspecified atom stereocenters. The van der Waals surface area contributed by atoms with E-state index in [1.807, 2.05) is 4.90 Å². The Morgan fingerprint density at radius 3 is 2.39 bits per heavy atom. The van der Waals surface area contributed by atoms with Gasteiger partial charge < -0.3 is 9.80 Å². The Labute approximate surface area is 138 Å². The number of anilines is 1. The molecule has 1 saturated carbocycles. The average Bonchev–Trinajstić information content (AvgIpc) is 3.40. The number of hydrogen-bond acceptors (Lipinski definition) is 3. The molecule has 1 amide bonds. The predicted octanol–water partition coefficient (Wildman–Crippen LogP) is 2.71. The number of carbonyl (C=O) groups is 2. The summed E-state index contributed by atoms with van der Waals surface area (Å²) >= 11 is 0. The zero-order valence-corrected chi connectivity index (χ0v) is 14.2. The molecule has 23 heavy (non-hydrogen) atoms. The van der Waals surface area contributed by atoms with E-state index >= 15 is 0 Å². The number of aryl methyl sites for hydroxylation is 1. The van der Waals surface area contributed by atoms with Crippen LogP contribution in [0.3, 0.4) is 0 Å². The Morgan fingerprint density at radius 2 is 1.74 bits per heavy atom. The Balaban J connectivity index is 1.50. The van der Waals surface area contributed by atoms with Gasteiger partial charge in [-0.25, -0.2) is 0 Å². The van der Waals surface area contributed by atoms with Crippen molar-refractivity contribution in [3.63, 3.8) is 0 Å². The van der Waals surface area contributed by atoms with Crippen LogP contribution in [0, 0.1) is 19.8 Å². The summed E-state index contributed by atoms with van der Waals surface area (Å²) < 4.78 is 0. The van der Waals surface area contributed by atoms with Gasteiger partial charge in [-0.2, -0.15) is 0 Å². The van der Waals surface area contributed by atoms with Crippen LogP contribution < -0.4 is 4.90 Å². The second-order valence-corrected chi connectivity index (χ2v) is 6.83. The number of rotatable bonds is 5. The van der Waals surface area contributed by atoms with Gasteiger partial charge >= 0.3 is 0 Å². The zero-order valence-electron chi connectivity index (χ0n) is 14.2. The van der Waals surface area contributed by atoms with Crippen LogP contribution in [-0.2, 0) is 9.59 Å². The Bertz CT molecular complexity index is 599. The summed E-state index contributed by atoms with van der Waals surface area (Å²) in [6.45, 7) is 7.54. The van der Waals surface area contributed by atoms with Gasteiger partial charge in [0.1, 0.15) is 5.78 Å². The molecule has 3 rings (SSSR count). The van der Waals surface area contributed by atoms with Crippen molar-refractivity contribution < 1.29 is 9.59 Å². The summed E-state index contributed by atoms with van der Waals surface area (Å²) in [5, 5.41) is 0. The summed E-state index contributed by atoms with van der Waals surface area (Å²) in [6.07, 6.45) is 2.88. The van der Waals surface area contributed by atoms with Crippen LogP contribution in [0.2, 0.25) is 0 Å². The molecule has 1 saturated heterocycles. The van der Waals surface area contributed by atoms with E-state index in [-0.39, 0.29) is 17.6 Å². The first-order valence-corrected chi connectivity index (χ1v) is 8.68. The number of Topliss-reactive ketones (excluding diaryl/α,β-unsaturated/α-hetero) is 1. The molecule has 124 valence electrons. The van der Waals surface area contributed by atoms with Gasteiger partial charge in [-0.15, -0.1) is 0 Å². The lowest BCUT2D eigenvalue weighted by molar-refractivity contribution is -0.133. The summed E-state index contributed by atoms with van der Waals surface area (Å²) in [5.74, 6) is 0.691. The number of ketones is 1. The predicted molar refractivity (Wildman–Crippen MR) is 91.7 cm³/mol. The number of nitrogens with zero attached hydrogens (tertiary/aromatic N) is 2. The van der Waals surface area contributed by atoms with Crippen molar-refractivity contribution in [2.45, 2.75) is 39.5 Å². The molecule has 0 bridgehead atoms. The Kier molecular flexibility index (Phi) is 4.69. The number of amides is 1. The molecule has 4 heteroatoms.